The Kier molecular flexibility index (Phi) is 3.38. The molecule has 0 bridgehead atoms. The zero-order chi connectivity index (χ0) is 10.0. The van der Waals surface area contributed by atoms with Crippen molar-refractivity contribution in [3.8, 4) is 0 Å². The van der Waals surface area contributed by atoms with Gasteiger partial charge < -0.3 is 10.5 Å². The third-order valence-electron chi connectivity index (χ3n) is 1.53. The number of halogens is 2. The summed E-state index contributed by atoms with van der Waals surface area (Å²) in [5.41, 5.74) is 6.26. The normalized spacial score (nSPS) is 9.77. The molecular formula is C8H7ClINO2. The highest BCUT2D eigenvalue weighted by Gasteiger charge is 2.16. The SMILES string of the molecule is COC(=O)c1c(Cl)ccc(I)c1N. The van der Waals surface area contributed by atoms with Crippen LogP contribution >= 0.6 is 34.2 Å². The fourth-order valence-electron chi connectivity index (χ4n) is 0.877. The Morgan fingerprint density at radius 1 is 1.62 bits per heavy atom. The standard InChI is InChI=1S/C8H7ClINO2/c1-13-8(12)6-4(9)2-3-5(10)7(6)11/h2-3H,11H2,1H3. The molecule has 0 saturated carbocycles. The Balaban J connectivity index is 3.33. The maximum absolute atomic E-state index is 11.2. The van der Waals surface area contributed by atoms with Crippen molar-refractivity contribution >= 4 is 45.8 Å². The van der Waals surface area contributed by atoms with E-state index in [-0.39, 0.29) is 5.56 Å². The second-order valence-corrected chi connectivity index (χ2v) is 3.88. The number of hydrogen-bond acceptors (Lipinski definition) is 3. The summed E-state index contributed by atoms with van der Waals surface area (Å²) >= 11 is 7.82. The number of rotatable bonds is 1. The monoisotopic (exact) mass is 311 g/mol. The largest absolute Gasteiger partial charge is 0.465 e. The minimum atomic E-state index is -0.513. The molecule has 0 amide bonds. The van der Waals surface area contributed by atoms with Crippen LogP contribution < -0.4 is 5.73 Å². The van der Waals surface area contributed by atoms with E-state index in [9.17, 15) is 4.79 Å². The first-order valence-corrected chi connectivity index (χ1v) is 4.85. The van der Waals surface area contributed by atoms with Gasteiger partial charge in [0.15, 0.2) is 0 Å². The second-order valence-electron chi connectivity index (χ2n) is 2.31. The van der Waals surface area contributed by atoms with E-state index >= 15 is 0 Å². The Labute approximate surface area is 94.3 Å². The number of nitrogens with two attached hydrogens (primary N) is 1. The minimum absolute atomic E-state index is 0.232. The van der Waals surface area contributed by atoms with Crippen molar-refractivity contribution in [1.82, 2.24) is 0 Å². The van der Waals surface area contributed by atoms with E-state index in [0.717, 1.165) is 3.57 Å². The quantitative estimate of drug-likeness (QED) is 0.492. The van der Waals surface area contributed by atoms with Crippen LogP contribution in [0.15, 0.2) is 12.1 Å². The number of carbonyl (C=O) groups excluding carboxylic acids is 1. The summed E-state index contributed by atoms with van der Waals surface area (Å²) in [6.07, 6.45) is 0. The first-order chi connectivity index (χ1) is 6.07. The number of ether oxygens (including phenoxy) is 1. The zero-order valence-electron chi connectivity index (χ0n) is 6.80. The second kappa shape index (κ2) is 4.15. The van der Waals surface area contributed by atoms with E-state index in [1.165, 1.54) is 7.11 Å². The number of esters is 1. The molecule has 0 saturated heterocycles. The van der Waals surface area contributed by atoms with Crippen molar-refractivity contribution in [2.75, 3.05) is 12.8 Å². The number of methoxy groups -OCH3 is 1. The van der Waals surface area contributed by atoms with E-state index in [1.54, 1.807) is 12.1 Å². The molecule has 0 fully saturated rings. The maximum Gasteiger partial charge on any atom is 0.341 e. The Hall–Kier alpha value is -0.490. The highest BCUT2D eigenvalue weighted by atomic mass is 127. The van der Waals surface area contributed by atoms with Crippen LogP contribution in [-0.2, 0) is 4.74 Å². The van der Waals surface area contributed by atoms with E-state index in [4.69, 9.17) is 17.3 Å². The zero-order valence-corrected chi connectivity index (χ0v) is 9.72. The van der Waals surface area contributed by atoms with Gasteiger partial charge in [-0.2, -0.15) is 0 Å². The molecule has 2 N–H and O–H groups in total. The molecule has 0 aliphatic rings. The van der Waals surface area contributed by atoms with Crippen molar-refractivity contribution in [2.45, 2.75) is 0 Å². The predicted octanol–water partition coefficient (Wildman–Crippen LogP) is 2.31. The topological polar surface area (TPSA) is 52.3 Å². The molecule has 0 aliphatic heterocycles. The third kappa shape index (κ3) is 2.05. The van der Waals surface area contributed by atoms with Gasteiger partial charge in [-0.15, -0.1) is 0 Å². The average Bonchev–Trinajstić information content (AvgIpc) is 2.12. The molecule has 0 radical (unpaired) electrons. The van der Waals surface area contributed by atoms with E-state index < -0.39 is 5.97 Å². The Bertz CT molecular complexity index is 354. The van der Waals surface area contributed by atoms with Crippen LogP contribution in [0.4, 0.5) is 5.69 Å². The molecule has 0 aliphatic carbocycles. The van der Waals surface area contributed by atoms with E-state index in [1.807, 2.05) is 22.6 Å². The Morgan fingerprint density at radius 2 is 2.23 bits per heavy atom. The van der Waals surface area contributed by atoms with Crippen LogP contribution in [0.2, 0.25) is 5.02 Å². The molecular weight excluding hydrogens is 304 g/mol. The lowest BCUT2D eigenvalue weighted by molar-refractivity contribution is 0.0602. The number of hydrogen-bond donors (Lipinski definition) is 1. The van der Waals surface area contributed by atoms with Gasteiger partial charge in [-0.25, -0.2) is 4.79 Å². The third-order valence-corrected chi connectivity index (χ3v) is 2.79. The summed E-state index contributed by atoms with van der Waals surface area (Å²) in [6, 6.07) is 3.36. The van der Waals surface area contributed by atoms with Crippen molar-refractivity contribution < 1.29 is 9.53 Å². The first-order valence-electron chi connectivity index (χ1n) is 3.39. The van der Waals surface area contributed by atoms with Gasteiger partial charge in [-0.05, 0) is 34.7 Å². The van der Waals surface area contributed by atoms with Gasteiger partial charge in [-0.3, -0.25) is 0 Å². The molecule has 1 rings (SSSR count). The van der Waals surface area contributed by atoms with Crippen LogP contribution in [0.25, 0.3) is 0 Å². The lowest BCUT2D eigenvalue weighted by Gasteiger charge is -2.06. The molecule has 1 aromatic rings. The molecule has 3 nitrogen and oxygen atoms in total. The fraction of sp³-hybridized carbons (Fsp3) is 0.125. The smallest absolute Gasteiger partial charge is 0.341 e. The lowest BCUT2D eigenvalue weighted by Crippen LogP contribution is -2.07. The van der Waals surface area contributed by atoms with Crippen molar-refractivity contribution in [1.29, 1.82) is 0 Å². The average molecular weight is 312 g/mol. The number of benzene rings is 1. The highest BCUT2D eigenvalue weighted by Crippen LogP contribution is 2.27. The van der Waals surface area contributed by atoms with Crippen LogP contribution in [0.1, 0.15) is 10.4 Å². The summed E-state index contributed by atoms with van der Waals surface area (Å²) in [5, 5.41) is 0.310. The molecule has 5 heteroatoms. The van der Waals surface area contributed by atoms with Gasteiger partial charge in [0.1, 0.15) is 5.56 Å². The number of anilines is 1. The lowest BCUT2D eigenvalue weighted by atomic mass is 10.2. The summed E-state index contributed by atoms with van der Waals surface area (Å²) in [4.78, 5) is 11.2. The summed E-state index contributed by atoms with van der Waals surface area (Å²) in [6.45, 7) is 0. The molecule has 1 aromatic carbocycles. The fourth-order valence-corrected chi connectivity index (χ4v) is 1.57. The number of carbonyl (C=O) groups is 1. The van der Waals surface area contributed by atoms with Gasteiger partial charge in [0, 0.05) is 3.57 Å². The molecule has 0 atom stereocenters. The summed E-state index contributed by atoms with van der Waals surface area (Å²) in [5.74, 6) is -0.513. The van der Waals surface area contributed by atoms with Crippen LogP contribution in [0.5, 0.6) is 0 Å². The predicted molar refractivity (Wildman–Crippen MR) is 59.9 cm³/mol. The first kappa shape index (κ1) is 10.6. The van der Waals surface area contributed by atoms with Crippen molar-refractivity contribution in [3.63, 3.8) is 0 Å². The van der Waals surface area contributed by atoms with Crippen LogP contribution in [-0.4, -0.2) is 13.1 Å². The molecule has 0 spiro atoms. The number of nitrogen functional groups attached to an aromatic ring is 1. The Morgan fingerprint density at radius 3 is 2.77 bits per heavy atom. The van der Waals surface area contributed by atoms with Gasteiger partial charge in [0.2, 0.25) is 0 Å². The summed E-state index contributed by atoms with van der Waals surface area (Å²) < 4.78 is 5.33. The van der Waals surface area contributed by atoms with E-state index in [2.05, 4.69) is 4.74 Å². The maximum atomic E-state index is 11.2. The van der Waals surface area contributed by atoms with Crippen molar-refractivity contribution in [3.05, 3.63) is 26.3 Å². The van der Waals surface area contributed by atoms with Crippen LogP contribution in [0.3, 0.4) is 0 Å². The molecule has 0 heterocycles. The molecule has 0 aromatic heterocycles. The van der Waals surface area contributed by atoms with Crippen molar-refractivity contribution in [2.24, 2.45) is 0 Å². The van der Waals surface area contributed by atoms with Gasteiger partial charge >= 0.3 is 5.97 Å². The summed E-state index contributed by atoms with van der Waals surface area (Å²) in [7, 11) is 1.29. The van der Waals surface area contributed by atoms with Gasteiger partial charge in [0.05, 0.1) is 17.8 Å². The molecule has 70 valence electrons. The minimum Gasteiger partial charge on any atom is -0.465 e. The van der Waals surface area contributed by atoms with Gasteiger partial charge in [0.25, 0.3) is 0 Å². The molecule has 13 heavy (non-hydrogen) atoms. The van der Waals surface area contributed by atoms with Crippen LogP contribution in [0, 0.1) is 3.57 Å². The van der Waals surface area contributed by atoms with Gasteiger partial charge in [-0.1, -0.05) is 11.6 Å². The molecule has 0 unspecified atom stereocenters. The van der Waals surface area contributed by atoms with E-state index in [0.29, 0.717) is 10.7 Å². The highest BCUT2D eigenvalue weighted by molar-refractivity contribution is 14.1.